The van der Waals surface area contributed by atoms with Crippen LogP contribution >= 0.6 is 0 Å². The van der Waals surface area contributed by atoms with Crippen molar-refractivity contribution in [1.82, 2.24) is 9.97 Å². The van der Waals surface area contributed by atoms with Crippen LogP contribution in [0.2, 0.25) is 0 Å². The summed E-state index contributed by atoms with van der Waals surface area (Å²) in [6, 6.07) is 2.03. The number of hydrogen-bond donors (Lipinski definition) is 1. The van der Waals surface area contributed by atoms with E-state index in [4.69, 9.17) is 5.73 Å². The van der Waals surface area contributed by atoms with Crippen LogP contribution < -0.4 is 5.73 Å². The normalized spacial score (nSPS) is 10.7. The Bertz CT molecular complexity index is 245. The third-order valence-electron chi connectivity index (χ3n) is 1.74. The zero-order valence-corrected chi connectivity index (χ0v) is 7.62. The molecule has 12 heavy (non-hydrogen) atoms. The van der Waals surface area contributed by atoms with E-state index < -0.39 is 0 Å². The fourth-order valence-electron chi connectivity index (χ4n) is 1.02. The summed E-state index contributed by atoms with van der Waals surface area (Å²) in [6.45, 7) is 4.89. The maximum Gasteiger partial charge on any atom is 0.115 e. The second-order valence-electron chi connectivity index (χ2n) is 3.13. The van der Waals surface area contributed by atoms with Crippen molar-refractivity contribution in [3.05, 3.63) is 23.8 Å². The molecule has 2 N–H and O–H groups in total. The van der Waals surface area contributed by atoms with E-state index >= 15 is 0 Å². The molecule has 0 saturated heterocycles. The van der Waals surface area contributed by atoms with Crippen LogP contribution in [0.1, 0.15) is 31.2 Å². The Morgan fingerprint density at radius 1 is 1.42 bits per heavy atom. The lowest BCUT2D eigenvalue weighted by atomic mass is 10.1. The fourth-order valence-corrected chi connectivity index (χ4v) is 1.02. The zero-order chi connectivity index (χ0) is 8.97. The van der Waals surface area contributed by atoms with Crippen LogP contribution in [-0.4, -0.2) is 16.5 Å². The predicted molar refractivity (Wildman–Crippen MR) is 48.9 cm³/mol. The molecular weight excluding hydrogens is 150 g/mol. The van der Waals surface area contributed by atoms with Gasteiger partial charge in [-0.1, -0.05) is 13.8 Å². The molecule has 0 aliphatic carbocycles. The van der Waals surface area contributed by atoms with Crippen LogP contribution in [0.4, 0.5) is 0 Å². The Kier molecular flexibility index (Phi) is 3.17. The molecule has 1 aromatic rings. The van der Waals surface area contributed by atoms with Gasteiger partial charge in [-0.05, 0) is 18.5 Å². The molecule has 0 bridgehead atoms. The lowest BCUT2D eigenvalue weighted by Crippen LogP contribution is -2.06. The van der Waals surface area contributed by atoms with Crippen molar-refractivity contribution in [2.45, 2.75) is 26.2 Å². The van der Waals surface area contributed by atoms with E-state index in [0.717, 1.165) is 17.8 Å². The summed E-state index contributed by atoms with van der Waals surface area (Å²) >= 11 is 0. The van der Waals surface area contributed by atoms with Gasteiger partial charge in [-0.15, -0.1) is 0 Å². The largest absolute Gasteiger partial charge is 0.330 e. The van der Waals surface area contributed by atoms with Gasteiger partial charge in [-0.3, -0.25) is 0 Å². The molecule has 3 nitrogen and oxygen atoms in total. The summed E-state index contributed by atoms with van der Waals surface area (Å²) < 4.78 is 0. The summed E-state index contributed by atoms with van der Waals surface area (Å²) in [7, 11) is 0. The highest BCUT2D eigenvalue weighted by molar-refractivity contribution is 5.11. The van der Waals surface area contributed by atoms with Gasteiger partial charge in [-0.25, -0.2) is 9.97 Å². The van der Waals surface area contributed by atoms with Gasteiger partial charge in [0.15, 0.2) is 0 Å². The highest BCUT2D eigenvalue weighted by Crippen LogP contribution is 2.10. The molecule has 66 valence electrons. The van der Waals surface area contributed by atoms with Crippen LogP contribution in [0.15, 0.2) is 12.4 Å². The van der Waals surface area contributed by atoms with Crippen LogP contribution in [-0.2, 0) is 6.42 Å². The molecule has 0 aromatic carbocycles. The fraction of sp³-hybridized carbons (Fsp3) is 0.556. The molecule has 0 fully saturated rings. The van der Waals surface area contributed by atoms with Gasteiger partial charge in [-0.2, -0.15) is 0 Å². The smallest absolute Gasteiger partial charge is 0.115 e. The van der Waals surface area contributed by atoms with Gasteiger partial charge in [0, 0.05) is 17.8 Å². The van der Waals surface area contributed by atoms with E-state index in [1.165, 1.54) is 0 Å². The Morgan fingerprint density at radius 3 is 2.75 bits per heavy atom. The van der Waals surface area contributed by atoms with Crippen LogP contribution in [0.5, 0.6) is 0 Å². The Labute approximate surface area is 73.0 Å². The molecule has 0 spiro atoms. The average molecular weight is 165 g/mol. The number of aromatic nitrogens is 2. The molecule has 1 heterocycles. The van der Waals surface area contributed by atoms with Crippen LogP contribution in [0.3, 0.4) is 0 Å². The number of nitrogens with two attached hydrogens (primary N) is 1. The number of hydrogen-bond acceptors (Lipinski definition) is 3. The standard InChI is InChI=1S/C9H15N3/c1-7(2)9-5-8(3-4-10)11-6-12-9/h5-7H,3-4,10H2,1-2H3. The molecule has 3 heteroatoms. The summed E-state index contributed by atoms with van der Waals surface area (Å²) in [6.07, 6.45) is 2.45. The van der Waals surface area contributed by atoms with Crippen molar-refractivity contribution in [3.63, 3.8) is 0 Å². The van der Waals surface area contributed by atoms with Crippen molar-refractivity contribution in [3.8, 4) is 0 Å². The topological polar surface area (TPSA) is 51.8 Å². The number of rotatable bonds is 3. The van der Waals surface area contributed by atoms with Crippen molar-refractivity contribution in [1.29, 1.82) is 0 Å². The predicted octanol–water partition coefficient (Wildman–Crippen LogP) is 1.10. The van der Waals surface area contributed by atoms with E-state index in [-0.39, 0.29) is 0 Å². The van der Waals surface area contributed by atoms with Gasteiger partial charge in [0.05, 0.1) is 0 Å². The molecule has 0 amide bonds. The van der Waals surface area contributed by atoms with Gasteiger partial charge >= 0.3 is 0 Å². The van der Waals surface area contributed by atoms with Crippen molar-refractivity contribution < 1.29 is 0 Å². The van der Waals surface area contributed by atoms with Gasteiger partial charge < -0.3 is 5.73 Å². The second kappa shape index (κ2) is 4.16. The molecule has 1 rings (SSSR count). The molecule has 0 radical (unpaired) electrons. The average Bonchev–Trinajstić information content (AvgIpc) is 2.05. The third kappa shape index (κ3) is 2.27. The second-order valence-corrected chi connectivity index (χ2v) is 3.13. The molecular formula is C9H15N3. The molecule has 0 unspecified atom stereocenters. The van der Waals surface area contributed by atoms with E-state index in [1.54, 1.807) is 6.33 Å². The first-order chi connectivity index (χ1) is 5.74. The maximum absolute atomic E-state index is 5.43. The summed E-state index contributed by atoms with van der Waals surface area (Å²) in [5.41, 5.74) is 7.56. The lowest BCUT2D eigenvalue weighted by Gasteiger charge is -2.04. The Balaban J connectivity index is 2.81. The summed E-state index contributed by atoms with van der Waals surface area (Å²) in [5, 5.41) is 0. The minimum Gasteiger partial charge on any atom is -0.330 e. The first-order valence-corrected chi connectivity index (χ1v) is 4.25. The monoisotopic (exact) mass is 165 g/mol. The van der Waals surface area contributed by atoms with Crippen molar-refractivity contribution in [2.75, 3.05) is 6.54 Å². The number of nitrogens with zero attached hydrogens (tertiary/aromatic N) is 2. The third-order valence-corrected chi connectivity index (χ3v) is 1.74. The van der Waals surface area contributed by atoms with Gasteiger partial charge in [0.1, 0.15) is 6.33 Å². The highest BCUT2D eigenvalue weighted by atomic mass is 14.8. The van der Waals surface area contributed by atoms with Crippen LogP contribution in [0.25, 0.3) is 0 Å². The van der Waals surface area contributed by atoms with Crippen LogP contribution in [0, 0.1) is 0 Å². The Hall–Kier alpha value is -0.960. The zero-order valence-electron chi connectivity index (χ0n) is 7.62. The molecule has 1 aromatic heterocycles. The van der Waals surface area contributed by atoms with E-state index in [1.807, 2.05) is 6.07 Å². The minimum absolute atomic E-state index is 0.463. The summed E-state index contributed by atoms with van der Waals surface area (Å²) in [5.74, 6) is 0.463. The van der Waals surface area contributed by atoms with E-state index in [0.29, 0.717) is 12.5 Å². The SMILES string of the molecule is CC(C)c1cc(CCN)ncn1. The minimum atomic E-state index is 0.463. The highest BCUT2D eigenvalue weighted by Gasteiger charge is 2.01. The molecule has 0 aliphatic rings. The van der Waals surface area contributed by atoms with Crippen molar-refractivity contribution in [2.24, 2.45) is 5.73 Å². The van der Waals surface area contributed by atoms with Gasteiger partial charge in [0.2, 0.25) is 0 Å². The van der Waals surface area contributed by atoms with E-state index in [2.05, 4.69) is 23.8 Å². The van der Waals surface area contributed by atoms with Crippen molar-refractivity contribution >= 4 is 0 Å². The molecule has 0 saturated carbocycles. The quantitative estimate of drug-likeness (QED) is 0.729. The first-order valence-electron chi connectivity index (χ1n) is 4.25. The Morgan fingerprint density at radius 2 is 2.17 bits per heavy atom. The first kappa shape index (κ1) is 9.13. The maximum atomic E-state index is 5.43. The summed E-state index contributed by atoms with van der Waals surface area (Å²) in [4.78, 5) is 8.29. The molecule has 0 atom stereocenters. The molecule has 0 aliphatic heterocycles. The lowest BCUT2D eigenvalue weighted by molar-refractivity contribution is 0.796. The van der Waals surface area contributed by atoms with Gasteiger partial charge in [0.25, 0.3) is 0 Å². The van der Waals surface area contributed by atoms with E-state index in [9.17, 15) is 0 Å².